The van der Waals surface area contributed by atoms with Crippen molar-refractivity contribution >= 4 is 9.84 Å². The molecular formula is C3H9N3NdOP-. The SMILES string of the molecule is [3H]P.[CH2-]O[C@@H](C)N=[N+]=[N-].[Nd]. The summed E-state index contributed by atoms with van der Waals surface area (Å²) in [6, 6.07) is 0. The summed E-state index contributed by atoms with van der Waals surface area (Å²) in [7, 11) is 4.71. The minimum Gasteiger partial charge on any atom is -0.549 e. The van der Waals surface area contributed by atoms with Crippen molar-refractivity contribution in [2.75, 3.05) is 0 Å². The molecule has 0 aromatic rings. The maximum Gasteiger partial charge on any atom is 0.101 e. The van der Waals surface area contributed by atoms with Gasteiger partial charge in [-0.2, -0.15) is 9.84 Å². The van der Waals surface area contributed by atoms with E-state index in [1.54, 1.807) is 16.8 Å². The molecule has 0 fully saturated rings. The second-order valence-electron chi connectivity index (χ2n) is 0.971. The van der Waals surface area contributed by atoms with E-state index < -0.39 is 6.23 Å². The Balaban J connectivity index is -0.000000149. The van der Waals surface area contributed by atoms with E-state index in [1.807, 2.05) is 0 Å². The van der Waals surface area contributed by atoms with Crippen LogP contribution in [0.4, 0.5) is 0 Å². The average Bonchev–Trinajstić information content (AvgIpc) is 1.93. The summed E-state index contributed by atoms with van der Waals surface area (Å²) in [5, 5.41) is 3.14. The maximum absolute atomic E-state index is 7.72. The van der Waals surface area contributed by atoms with Crippen molar-refractivity contribution in [3.8, 4) is 0 Å². The molecule has 0 heterocycles. The van der Waals surface area contributed by atoms with Crippen molar-refractivity contribution in [3.63, 3.8) is 0 Å². The summed E-state index contributed by atoms with van der Waals surface area (Å²) < 4.78 is 9.99. The fourth-order valence-corrected chi connectivity index (χ4v) is 0.106. The van der Waals surface area contributed by atoms with E-state index in [0.29, 0.717) is 0 Å². The summed E-state index contributed by atoms with van der Waals surface area (Å²) in [4.78, 5) is 2.47. The van der Waals surface area contributed by atoms with Crippen molar-refractivity contribution in [2.45, 2.75) is 13.2 Å². The van der Waals surface area contributed by atoms with Gasteiger partial charge in [-0.1, -0.05) is 5.11 Å². The quantitative estimate of drug-likeness (QED) is 0.249. The van der Waals surface area contributed by atoms with Crippen LogP contribution in [0.3, 0.4) is 0 Å². The Kier molecular flexibility index (Phi) is 16.7. The van der Waals surface area contributed by atoms with Crippen LogP contribution < -0.4 is 0 Å². The van der Waals surface area contributed by atoms with Crippen molar-refractivity contribution < 1.29 is 45.6 Å². The minimum atomic E-state index is -0.454. The van der Waals surface area contributed by atoms with Gasteiger partial charge in [-0.05, 0) is 12.5 Å². The van der Waals surface area contributed by atoms with E-state index in [0.717, 1.165) is 0 Å². The van der Waals surface area contributed by atoms with Gasteiger partial charge in [0.15, 0.2) is 0 Å². The fourth-order valence-electron chi connectivity index (χ4n) is 0.106. The van der Waals surface area contributed by atoms with Gasteiger partial charge in [-0.25, -0.2) is 7.11 Å². The fraction of sp³-hybridized carbons (Fsp3) is 0.667. The number of nitrogens with zero attached hydrogens (tertiary/aromatic N) is 3. The van der Waals surface area contributed by atoms with Crippen LogP contribution in [0.15, 0.2) is 5.11 Å². The molecule has 0 N–H and O–H groups in total. The smallest absolute Gasteiger partial charge is 0.101 e. The van der Waals surface area contributed by atoms with Crippen LogP contribution in [0.25, 0.3) is 10.4 Å². The van der Waals surface area contributed by atoms with Gasteiger partial charge >= 0.3 is 0 Å². The van der Waals surface area contributed by atoms with E-state index in [-0.39, 0.29) is 40.8 Å². The van der Waals surface area contributed by atoms with Gasteiger partial charge < -0.3 is 4.74 Å². The van der Waals surface area contributed by atoms with E-state index in [2.05, 4.69) is 21.9 Å². The Labute approximate surface area is 91.8 Å². The van der Waals surface area contributed by atoms with E-state index in [1.165, 1.54) is 0 Å². The van der Waals surface area contributed by atoms with Gasteiger partial charge in [0.2, 0.25) is 0 Å². The molecule has 0 saturated carbocycles. The van der Waals surface area contributed by atoms with Crippen LogP contribution >= 0.6 is 9.84 Å². The number of hydrogen-bond donors (Lipinski definition) is 0. The first kappa shape index (κ1) is 12.7. The molecule has 0 aliphatic rings. The Bertz CT molecular complexity index is 99.7. The molecule has 0 aliphatic carbocycles. The molecular weight excluding hydrogens is 269 g/mol. The molecule has 4 nitrogen and oxygen atoms in total. The first-order valence-corrected chi connectivity index (χ1v) is 1.76. The topological polar surface area (TPSA) is 58.0 Å². The van der Waals surface area contributed by atoms with Crippen molar-refractivity contribution in [2.24, 2.45) is 5.11 Å². The van der Waals surface area contributed by atoms with Gasteiger partial charge in [-0.3, -0.25) is 0 Å². The molecule has 1 unspecified atom stereocenters. The molecule has 0 aromatic carbocycles. The standard InChI is InChI=1S/C3H6N3O.Nd.H3P/c1-3(7-2)5-6-4;;/h3H,2H2,1H3;;1H3/q-1;;/t3-;;/m0../s1/i;;1T. The van der Waals surface area contributed by atoms with Crippen molar-refractivity contribution in [3.05, 3.63) is 17.6 Å². The molecule has 0 radical (unpaired) electrons. The van der Waals surface area contributed by atoms with E-state index >= 15 is 0 Å². The van der Waals surface area contributed by atoms with Crippen LogP contribution in [0.5, 0.6) is 0 Å². The second-order valence-corrected chi connectivity index (χ2v) is 0.971. The third kappa shape index (κ3) is 12.3. The molecule has 0 aliphatic heterocycles. The zero-order valence-corrected chi connectivity index (χ0v) is 9.47. The summed E-state index contributed by atoms with van der Waals surface area (Å²) >= 11 is 0. The van der Waals surface area contributed by atoms with Crippen LogP contribution in [0.2, 0.25) is 0 Å². The maximum atomic E-state index is 7.72. The molecule has 2 atom stereocenters. The van der Waals surface area contributed by atoms with Crippen LogP contribution in [-0.2, 0) is 4.74 Å². The average molecular weight is 280 g/mol. The molecule has 0 rings (SSSR count). The first-order valence-electron chi connectivity index (χ1n) is 2.34. The van der Waals surface area contributed by atoms with Gasteiger partial charge in [-0.15, -0.1) is 0 Å². The van der Waals surface area contributed by atoms with Gasteiger partial charge in [0.1, 0.15) is 6.23 Å². The molecule has 0 saturated heterocycles. The predicted molar refractivity (Wildman–Crippen MR) is 36.2 cm³/mol. The van der Waals surface area contributed by atoms with E-state index in [4.69, 9.17) is 6.81 Å². The summed E-state index contributed by atoms with van der Waals surface area (Å²) in [6.07, 6.45) is -0.454. The molecule has 9 heavy (non-hydrogen) atoms. The van der Waals surface area contributed by atoms with Crippen molar-refractivity contribution in [1.82, 2.24) is 0 Å². The predicted octanol–water partition coefficient (Wildman–Crippen LogP) is 1.51. The molecule has 52 valence electrons. The molecule has 0 bridgehead atoms. The molecule has 0 amide bonds. The molecule has 6 heteroatoms. The second kappa shape index (κ2) is 11.8. The molecule has 0 aromatic heterocycles. The van der Waals surface area contributed by atoms with Gasteiger partial charge in [0.05, 0.1) is 1.28 Å². The Hall–Kier alpha value is 1.05. The number of hydrogen-bond acceptors (Lipinski definition) is 2. The van der Waals surface area contributed by atoms with Crippen LogP contribution in [0.1, 0.15) is 6.92 Å². The zero-order valence-electron chi connectivity index (χ0n) is 6.11. The summed E-state index contributed by atoms with van der Waals surface area (Å²) in [6.45, 7) is 1.60. The van der Waals surface area contributed by atoms with Gasteiger partial charge in [0.25, 0.3) is 0 Å². The largest absolute Gasteiger partial charge is 0.549 e. The third-order valence-electron chi connectivity index (χ3n) is 0.455. The van der Waals surface area contributed by atoms with Gasteiger partial charge in [0, 0.05) is 45.8 Å². The summed E-state index contributed by atoms with van der Waals surface area (Å²) in [5.74, 6) is 0. The Morgan fingerprint density at radius 1 is 2.00 bits per heavy atom. The van der Waals surface area contributed by atoms with Crippen LogP contribution in [0, 0.1) is 47.9 Å². The van der Waals surface area contributed by atoms with Crippen LogP contribution in [-0.4, -0.2) is 7.51 Å². The Morgan fingerprint density at radius 3 is 2.56 bits per heavy atom. The van der Waals surface area contributed by atoms with E-state index in [9.17, 15) is 0 Å². The number of ether oxygens (including phenoxy) is 1. The Morgan fingerprint density at radius 2 is 2.44 bits per heavy atom. The number of azide groups is 1. The third-order valence-corrected chi connectivity index (χ3v) is 0.455. The minimum absolute atomic E-state index is 0. The monoisotopic (exact) mass is 278 g/mol. The van der Waals surface area contributed by atoms with Crippen molar-refractivity contribution in [1.29, 1.82) is 1.28 Å². The number of rotatable bonds is 2. The summed E-state index contributed by atoms with van der Waals surface area (Å²) in [5.41, 5.74) is 7.72. The first-order chi connectivity index (χ1) is 4.31. The zero-order chi connectivity index (χ0) is 7.70. The molecule has 0 spiro atoms. The normalized spacial score (nSPS) is 10.3.